The highest BCUT2D eigenvalue weighted by atomic mass is 79.9. The molecule has 0 bridgehead atoms. The van der Waals surface area contributed by atoms with Crippen molar-refractivity contribution in [2.45, 2.75) is 40.0 Å². The van der Waals surface area contributed by atoms with Crippen LogP contribution in [0.2, 0.25) is 0 Å². The predicted octanol–water partition coefficient (Wildman–Crippen LogP) is 4.03. The highest BCUT2D eigenvalue weighted by Crippen LogP contribution is 2.28. The third kappa shape index (κ3) is 3.67. The topological polar surface area (TPSA) is 53.1 Å². The van der Waals surface area contributed by atoms with E-state index in [0.29, 0.717) is 13.2 Å². The lowest BCUT2D eigenvalue weighted by atomic mass is 10.2. The number of aromatic nitrogens is 2. The number of hydrogen-bond donors (Lipinski definition) is 1. The normalized spacial score (nSPS) is 10.9. The number of hydrogen-bond acceptors (Lipinski definition) is 3. The third-order valence-electron chi connectivity index (χ3n) is 3.29. The van der Waals surface area contributed by atoms with Crippen LogP contribution in [0.25, 0.3) is 0 Å². The van der Waals surface area contributed by atoms with E-state index >= 15 is 0 Å². The minimum absolute atomic E-state index is 0.474. The summed E-state index contributed by atoms with van der Waals surface area (Å²) < 4.78 is 9.86. The van der Waals surface area contributed by atoms with Gasteiger partial charge in [0.1, 0.15) is 12.4 Å². The summed E-state index contributed by atoms with van der Waals surface area (Å²) in [5.41, 5.74) is 8.82. The molecule has 0 aliphatic heterocycles. The molecule has 1 aromatic carbocycles. The fourth-order valence-corrected chi connectivity index (χ4v) is 3.31. The van der Waals surface area contributed by atoms with E-state index in [1.807, 2.05) is 22.9 Å². The first-order valence-electron chi connectivity index (χ1n) is 6.96. The molecule has 0 aliphatic carbocycles. The molecule has 4 nitrogen and oxygen atoms in total. The molecule has 2 N–H and O–H groups in total. The van der Waals surface area contributed by atoms with E-state index in [1.165, 1.54) is 0 Å². The van der Waals surface area contributed by atoms with Gasteiger partial charge >= 0.3 is 0 Å². The summed E-state index contributed by atoms with van der Waals surface area (Å²) in [5, 5.41) is 4.57. The van der Waals surface area contributed by atoms with Crippen molar-refractivity contribution in [3.63, 3.8) is 0 Å². The standard InChI is InChI=1S/C15H19Br2N3O/c1-3-12-15(17)13(20(4-2)19-12)9-21-14-6-5-10(8-18)7-11(14)16/h5-7H,3-4,8-9,18H2,1-2H3. The Hall–Kier alpha value is -0.850. The van der Waals surface area contributed by atoms with E-state index in [2.05, 4.69) is 50.8 Å². The van der Waals surface area contributed by atoms with E-state index in [9.17, 15) is 0 Å². The fourth-order valence-electron chi connectivity index (χ4n) is 2.09. The summed E-state index contributed by atoms with van der Waals surface area (Å²) in [5.74, 6) is 0.806. The van der Waals surface area contributed by atoms with E-state index in [-0.39, 0.29) is 0 Å². The third-order valence-corrected chi connectivity index (χ3v) is 4.83. The smallest absolute Gasteiger partial charge is 0.134 e. The second kappa shape index (κ2) is 7.42. The summed E-state index contributed by atoms with van der Waals surface area (Å²) in [6.07, 6.45) is 0.898. The van der Waals surface area contributed by atoms with Gasteiger partial charge in [-0.25, -0.2) is 0 Å². The Morgan fingerprint density at radius 1 is 1.29 bits per heavy atom. The van der Waals surface area contributed by atoms with Gasteiger partial charge in [0, 0.05) is 13.1 Å². The zero-order valence-corrected chi connectivity index (χ0v) is 15.4. The summed E-state index contributed by atoms with van der Waals surface area (Å²) in [6.45, 7) is 5.99. The Balaban J connectivity index is 2.18. The number of aryl methyl sites for hydroxylation is 2. The molecule has 0 saturated carbocycles. The number of halogens is 2. The number of nitrogens with zero attached hydrogens (tertiary/aromatic N) is 2. The maximum atomic E-state index is 5.92. The molecule has 0 atom stereocenters. The molecule has 21 heavy (non-hydrogen) atoms. The monoisotopic (exact) mass is 415 g/mol. The maximum Gasteiger partial charge on any atom is 0.134 e. The molecule has 0 spiro atoms. The van der Waals surface area contributed by atoms with Gasteiger partial charge in [0.15, 0.2) is 0 Å². The average molecular weight is 417 g/mol. The molecule has 2 aromatic rings. The van der Waals surface area contributed by atoms with Gasteiger partial charge in [-0.2, -0.15) is 5.10 Å². The Kier molecular flexibility index (Phi) is 5.84. The van der Waals surface area contributed by atoms with Gasteiger partial charge < -0.3 is 10.5 Å². The molecule has 1 heterocycles. The lowest BCUT2D eigenvalue weighted by Gasteiger charge is -2.11. The predicted molar refractivity (Wildman–Crippen MR) is 91.3 cm³/mol. The van der Waals surface area contributed by atoms with Gasteiger partial charge in [0.2, 0.25) is 0 Å². The van der Waals surface area contributed by atoms with Crippen molar-refractivity contribution >= 4 is 31.9 Å². The molecule has 0 saturated heterocycles. The molecule has 2 rings (SSSR count). The Labute approximate surface area is 141 Å². The van der Waals surface area contributed by atoms with Crippen molar-refractivity contribution < 1.29 is 4.74 Å². The highest BCUT2D eigenvalue weighted by molar-refractivity contribution is 9.10. The van der Waals surface area contributed by atoms with Crippen molar-refractivity contribution in [1.82, 2.24) is 9.78 Å². The van der Waals surface area contributed by atoms with Crippen LogP contribution in [0.15, 0.2) is 27.1 Å². The second-order valence-electron chi connectivity index (χ2n) is 4.63. The summed E-state index contributed by atoms with van der Waals surface area (Å²) in [4.78, 5) is 0. The van der Waals surface area contributed by atoms with Gasteiger partial charge in [-0.3, -0.25) is 4.68 Å². The Morgan fingerprint density at radius 3 is 2.62 bits per heavy atom. The molecule has 0 unspecified atom stereocenters. The van der Waals surface area contributed by atoms with Crippen LogP contribution in [0.1, 0.15) is 30.8 Å². The van der Waals surface area contributed by atoms with E-state index < -0.39 is 0 Å². The first-order chi connectivity index (χ1) is 10.1. The Bertz CT molecular complexity index is 626. The second-order valence-corrected chi connectivity index (χ2v) is 6.28. The van der Waals surface area contributed by atoms with Crippen LogP contribution in [0.5, 0.6) is 5.75 Å². The molecule has 114 valence electrons. The SMILES string of the molecule is CCc1nn(CC)c(COc2ccc(CN)cc2Br)c1Br. The minimum Gasteiger partial charge on any atom is -0.486 e. The summed E-state index contributed by atoms with van der Waals surface area (Å²) >= 11 is 7.15. The van der Waals surface area contributed by atoms with Gasteiger partial charge in [-0.15, -0.1) is 0 Å². The largest absolute Gasteiger partial charge is 0.486 e. The zero-order chi connectivity index (χ0) is 15.4. The molecule has 0 amide bonds. The van der Waals surface area contributed by atoms with Crippen LogP contribution in [-0.2, 0) is 26.1 Å². The van der Waals surface area contributed by atoms with Crippen LogP contribution in [0.3, 0.4) is 0 Å². The van der Waals surface area contributed by atoms with Crippen LogP contribution < -0.4 is 10.5 Å². The minimum atomic E-state index is 0.474. The van der Waals surface area contributed by atoms with E-state index in [1.54, 1.807) is 0 Å². The molecule has 6 heteroatoms. The van der Waals surface area contributed by atoms with Crippen molar-refractivity contribution in [2.75, 3.05) is 0 Å². The molecule has 0 radical (unpaired) electrons. The Morgan fingerprint density at radius 2 is 2.05 bits per heavy atom. The number of ether oxygens (including phenoxy) is 1. The lowest BCUT2D eigenvalue weighted by Crippen LogP contribution is -2.07. The number of benzene rings is 1. The first kappa shape index (κ1) is 16.5. The zero-order valence-electron chi connectivity index (χ0n) is 12.2. The van der Waals surface area contributed by atoms with Gasteiger partial charge in [0.05, 0.1) is 20.3 Å². The summed E-state index contributed by atoms with van der Waals surface area (Å²) in [7, 11) is 0. The van der Waals surface area contributed by atoms with Crippen molar-refractivity contribution in [2.24, 2.45) is 5.73 Å². The van der Waals surface area contributed by atoms with Crippen LogP contribution >= 0.6 is 31.9 Å². The van der Waals surface area contributed by atoms with Crippen molar-refractivity contribution in [1.29, 1.82) is 0 Å². The van der Waals surface area contributed by atoms with Crippen LogP contribution in [0, 0.1) is 0 Å². The quantitative estimate of drug-likeness (QED) is 0.773. The van der Waals surface area contributed by atoms with Gasteiger partial charge in [-0.05, 0) is 62.9 Å². The molecular weight excluding hydrogens is 398 g/mol. The van der Waals surface area contributed by atoms with Crippen LogP contribution in [-0.4, -0.2) is 9.78 Å². The lowest BCUT2D eigenvalue weighted by molar-refractivity contribution is 0.290. The molecule has 0 aliphatic rings. The fraction of sp³-hybridized carbons (Fsp3) is 0.400. The number of nitrogens with two attached hydrogens (primary N) is 1. The first-order valence-corrected chi connectivity index (χ1v) is 8.54. The van der Waals surface area contributed by atoms with Gasteiger partial charge in [0.25, 0.3) is 0 Å². The highest BCUT2D eigenvalue weighted by Gasteiger charge is 2.14. The van der Waals surface area contributed by atoms with Crippen molar-refractivity contribution in [3.05, 3.63) is 44.1 Å². The van der Waals surface area contributed by atoms with Crippen molar-refractivity contribution in [3.8, 4) is 5.75 Å². The van der Waals surface area contributed by atoms with E-state index in [4.69, 9.17) is 10.5 Å². The van der Waals surface area contributed by atoms with E-state index in [0.717, 1.165) is 44.6 Å². The maximum absolute atomic E-state index is 5.92. The average Bonchev–Trinajstić information content (AvgIpc) is 2.81. The van der Waals surface area contributed by atoms with Gasteiger partial charge in [-0.1, -0.05) is 13.0 Å². The summed E-state index contributed by atoms with van der Waals surface area (Å²) in [6, 6.07) is 5.90. The number of rotatable bonds is 6. The molecular formula is C15H19Br2N3O. The molecule has 0 fully saturated rings. The molecule has 1 aromatic heterocycles. The van der Waals surface area contributed by atoms with Crippen LogP contribution in [0.4, 0.5) is 0 Å².